The van der Waals surface area contributed by atoms with Gasteiger partial charge in [-0.3, -0.25) is 0 Å². The van der Waals surface area contributed by atoms with Crippen molar-refractivity contribution in [2.75, 3.05) is 11.4 Å². The summed E-state index contributed by atoms with van der Waals surface area (Å²) >= 11 is 0. The lowest BCUT2D eigenvalue weighted by Gasteiger charge is -2.25. The van der Waals surface area contributed by atoms with Crippen LogP contribution in [-0.4, -0.2) is 22.6 Å². The summed E-state index contributed by atoms with van der Waals surface area (Å²) in [6, 6.07) is 17.2. The van der Waals surface area contributed by atoms with Gasteiger partial charge in [-0.15, -0.1) is 0 Å². The Bertz CT molecular complexity index is 842. The molecule has 1 saturated heterocycles. The van der Waals surface area contributed by atoms with Crippen molar-refractivity contribution in [2.24, 2.45) is 0 Å². The Hall–Kier alpha value is -2.42. The minimum atomic E-state index is 0.522. The van der Waals surface area contributed by atoms with Gasteiger partial charge >= 0.3 is 0 Å². The maximum Gasteiger partial charge on any atom is 0.156 e. The van der Waals surface area contributed by atoms with Gasteiger partial charge in [-0.1, -0.05) is 42.5 Å². The lowest BCUT2D eigenvalue weighted by molar-refractivity contribution is 0.728. The van der Waals surface area contributed by atoms with Crippen molar-refractivity contribution in [1.29, 1.82) is 0 Å². The SMILES string of the molecule is Cc1cccc2nc(-c3ccccc3)c(N3CCCC3C)nc12. The van der Waals surface area contributed by atoms with Crippen LogP contribution >= 0.6 is 0 Å². The van der Waals surface area contributed by atoms with Crippen molar-refractivity contribution in [1.82, 2.24) is 9.97 Å². The Balaban J connectivity index is 1.98. The lowest BCUT2D eigenvalue weighted by Crippen LogP contribution is -2.28. The van der Waals surface area contributed by atoms with Gasteiger partial charge in [-0.25, -0.2) is 9.97 Å². The van der Waals surface area contributed by atoms with Crippen LogP contribution in [0, 0.1) is 6.92 Å². The van der Waals surface area contributed by atoms with E-state index in [0.29, 0.717) is 6.04 Å². The summed E-state index contributed by atoms with van der Waals surface area (Å²) in [5, 5.41) is 0. The topological polar surface area (TPSA) is 29.0 Å². The Morgan fingerprint density at radius 1 is 1.00 bits per heavy atom. The molecule has 0 aliphatic carbocycles. The first-order valence-electron chi connectivity index (χ1n) is 8.33. The van der Waals surface area contributed by atoms with E-state index in [-0.39, 0.29) is 0 Å². The molecule has 3 nitrogen and oxygen atoms in total. The Morgan fingerprint density at radius 2 is 1.83 bits per heavy atom. The fourth-order valence-electron chi connectivity index (χ4n) is 3.45. The summed E-state index contributed by atoms with van der Waals surface area (Å²) < 4.78 is 0. The number of para-hydroxylation sites is 1. The van der Waals surface area contributed by atoms with Gasteiger partial charge in [0.15, 0.2) is 5.82 Å². The number of nitrogens with zero attached hydrogens (tertiary/aromatic N) is 3. The fraction of sp³-hybridized carbons (Fsp3) is 0.300. The number of anilines is 1. The van der Waals surface area contributed by atoms with Gasteiger partial charge in [0.05, 0.1) is 11.0 Å². The third-order valence-corrected chi connectivity index (χ3v) is 4.75. The molecule has 2 aromatic carbocycles. The normalized spacial score (nSPS) is 17.8. The average Bonchev–Trinajstić information content (AvgIpc) is 3.01. The number of benzene rings is 2. The van der Waals surface area contributed by atoms with Gasteiger partial charge in [-0.2, -0.15) is 0 Å². The highest BCUT2D eigenvalue weighted by atomic mass is 15.2. The quantitative estimate of drug-likeness (QED) is 0.693. The molecule has 0 radical (unpaired) electrons. The van der Waals surface area contributed by atoms with Gasteiger partial charge in [0, 0.05) is 18.2 Å². The van der Waals surface area contributed by atoms with E-state index in [1.54, 1.807) is 0 Å². The predicted octanol–water partition coefficient (Wildman–Crippen LogP) is 4.59. The van der Waals surface area contributed by atoms with Crippen LogP contribution in [0.15, 0.2) is 48.5 Å². The molecule has 0 N–H and O–H groups in total. The van der Waals surface area contributed by atoms with Gasteiger partial charge < -0.3 is 4.90 Å². The zero-order chi connectivity index (χ0) is 15.8. The molecule has 23 heavy (non-hydrogen) atoms. The summed E-state index contributed by atoms with van der Waals surface area (Å²) in [5.74, 6) is 1.03. The predicted molar refractivity (Wildman–Crippen MR) is 95.8 cm³/mol. The highest BCUT2D eigenvalue weighted by Crippen LogP contribution is 2.34. The Labute approximate surface area is 137 Å². The van der Waals surface area contributed by atoms with Crippen LogP contribution in [-0.2, 0) is 0 Å². The fourth-order valence-corrected chi connectivity index (χ4v) is 3.45. The van der Waals surface area contributed by atoms with Crippen molar-refractivity contribution in [3.8, 4) is 11.3 Å². The van der Waals surface area contributed by atoms with Gasteiger partial charge in [0.2, 0.25) is 0 Å². The third-order valence-electron chi connectivity index (χ3n) is 4.75. The largest absolute Gasteiger partial charge is 0.352 e. The molecule has 0 amide bonds. The lowest BCUT2D eigenvalue weighted by atomic mass is 10.1. The van der Waals surface area contributed by atoms with Crippen molar-refractivity contribution < 1.29 is 0 Å². The first kappa shape index (κ1) is 14.2. The molecule has 0 saturated carbocycles. The number of hydrogen-bond acceptors (Lipinski definition) is 3. The average molecular weight is 303 g/mol. The highest BCUT2D eigenvalue weighted by molar-refractivity contribution is 5.85. The molecule has 2 heterocycles. The molecule has 0 bridgehead atoms. The Kier molecular flexibility index (Phi) is 3.49. The van der Waals surface area contributed by atoms with Crippen LogP contribution < -0.4 is 4.90 Å². The van der Waals surface area contributed by atoms with Crippen LogP contribution in [0.4, 0.5) is 5.82 Å². The van der Waals surface area contributed by atoms with Crippen molar-refractivity contribution >= 4 is 16.9 Å². The number of rotatable bonds is 2. The highest BCUT2D eigenvalue weighted by Gasteiger charge is 2.25. The van der Waals surface area contributed by atoms with E-state index >= 15 is 0 Å². The summed E-state index contributed by atoms with van der Waals surface area (Å²) in [6.45, 7) is 5.45. The van der Waals surface area contributed by atoms with Crippen LogP contribution in [0.1, 0.15) is 25.3 Å². The smallest absolute Gasteiger partial charge is 0.156 e. The number of hydrogen-bond donors (Lipinski definition) is 0. The van der Waals surface area contributed by atoms with E-state index in [0.717, 1.165) is 34.7 Å². The van der Waals surface area contributed by atoms with Crippen molar-refractivity contribution in [3.05, 3.63) is 54.1 Å². The van der Waals surface area contributed by atoms with Crippen molar-refractivity contribution in [3.63, 3.8) is 0 Å². The molecular weight excluding hydrogens is 282 g/mol. The molecule has 1 aliphatic rings. The van der Waals surface area contributed by atoms with Crippen LogP contribution in [0.3, 0.4) is 0 Å². The molecule has 3 heteroatoms. The van der Waals surface area contributed by atoms with Crippen LogP contribution in [0.25, 0.3) is 22.3 Å². The minimum absolute atomic E-state index is 0.522. The Morgan fingerprint density at radius 3 is 2.57 bits per heavy atom. The van der Waals surface area contributed by atoms with Crippen LogP contribution in [0.5, 0.6) is 0 Å². The molecular formula is C20H21N3. The molecule has 4 rings (SSSR count). The molecule has 3 aromatic rings. The first-order chi connectivity index (χ1) is 11.2. The van der Waals surface area contributed by atoms with E-state index in [1.807, 2.05) is 6.07 Å². The zero-order valence-corrected chi connectivity index (χ0v) is 13.7. The van der Waals surface area contributed by atoms with Gasteiger partial charge in [0.25, 0.3) is 0 Å². The summed E-state index contributed by atoms with van der Waals surface area (Å²) in [7, 11) is 0. The molecule has 1 aliphatic heterocycles. The van der Waals surface area contributed by atoms with Crippen molar-refractivity contribution in [2.45, 2.75) is 32.7 Å². The second kappa shape index (κ2) is 5.65. The molecule has 1 unspecified atom stereocenters. The number of aryl methyl sites for hydroxylation is 1. The maximum atomic E-state index is 5.05. The van der Waals surface area contributed by atoms with E-state index in [4.69, 9.17) is 9.97 Å². The molecule has 1 fully saturated rings. The van der Waals surface area contributed by atoms with E-state index in [9.17, 15) is 0 Å². The standard InChI is InChI=1S/C20H21N3/c1-14-8-6-12-17-18(14)22-20(23-13-7-9-15(23)2)19(21-17)16-10-4-3-5-11-16/h3-6,8,10-12,15H,7,9,13H2,1-2H3. The van der Waals surface area contributed by atoms with E-state index in [1.165, 1.54) is 18.4 Å². The molecule has 1 aromatic heterocycles. The summed E-state index contributed by atoms with van der Waals surface area (Å²) in [6.07, 6.45) is 2.45. The first-order valence-corrected chi connectivity index (χ1v) is 8.33. The third kappa shape index (κ3) is 2.46. The molecule has 1 atom stereocenters. The monoisotopic (exact) mass is 303 g/mol. The molecule has 116 valence electrons. The number of aromatic nitrogens is 2. The van der Waals surface area contributed by atoms with Gasteiger partial charge in [0.1, 0.15) is 5.69 Å². The van der Waals surface area contributed by atoms with E-state index < -0.39 is 0 Å². The molecule has 0 spiro atoms. The second-order valence-corrected chi connectivity index (χ2v) is 6.39. The van der Waals surface area contributed by atoms with Gasteiger partial charge in [-0.05, 0) is 38.3 Å². The summed E-state index contributed by atoms with van der Waals surface area (Å²) in [5.41, 5.74) is 5.30. The van der Waals surface area contributed by atoms with Crippen LogP contribution in [0.2, 0.25) is 0 Å². The minimum Gasteiger partial charge on any atom is -0.352 e. The maximum absolute atomic E-state index is 5.05. The summed E-state index contributed by atoms with van der Waals surface area (Å²) in [4.78, 5) is 12.4. The van der Waals surface area contributed by atoms with E-state index in [2.05, 4.69) is 61.2 Å². The second-order valence-electron chi connectivity index (χ2n) is 6.39. The number of fused-ring (bicyclic) bond motifs is 1. The zero-order valence-electron chi connectivity index (χ0n) is 13.7.